The summed E-state index contributed by atoms with van der Waals surface area (Å²) in [6, 6.07) is 9.68. The molecule has 2 aliphatic heterocycles. The number of benzene rings is 1. The monoisotopic (exact) mass is 515 g/mol. The Balaban J connectivity index is 1.13. The predicted molar refractivity (Wildman–Crippen MR) is 151 cm³/mol. The number of nitrogens with zero attached hydrogens (tertiary/aromatic N) is 4. The largest absolute Gasteiger partial charge is 0.377 e. The summed E-state index contributed by atoms with van der Waals surface area (Å²) in [4.78, 5) is 32.0. The number of carbonyl (C=O) groups is 1. The van der Waals surface area contributed by atoms with Gasteiger partial charge in [-0.3, -0.25) is 9.79 Å². The van der Waals surface area contributed by atoms with Gasteiger partial charge in [-0.2, -0.15) is 0 Å². The molecule has 2 aliphatic rings. The summed E-state index contributed by atoms with van der Waals surface area (Å²) in [5.41, 5.74) is 3.17. The first-order chi connectivity index (χ1) is 18.7. The molecule has 2 unspecified atom stereocenters. The van der Waals surface area contributed by atoms with Gasteiger partial charge < -0.3 is 25.3 Å². The van der Waals surface area contributed by atoms with Crippen molar-refractivity contribution in [2.75, 3.05) is 38.1 Å². The average Bonchev–Trinajstić information content (AvgIpc) is 3.63. The molecule has 1 fully saturated rings. The second-order valence-electron chi connectivity index (χ2n) is 9.89. The summed E-state index contributed by atoms with van der Waals surface area (Å²) < 4.78 is 6.06. The lowest BCUT2D eigenvalue weighted by atomic mass is 10.1. The number of aromatic nitrogens is 3. The first-order valence-electron chi connectivity index (χ1n) is 13.7. The van der Waals surface area contributed by atoms with Crippen LogP contribution in [0.4, 0.5) is 11.6 Å². The third kappa shape index (κ3) is 6.85. The summed E-state index contributed by atoms with van der Waals surface area (Å²) in [6.07, 6.45) is 12.9. The van der Waals surface area contributed by atoms with Crippen molar-refractivity contribution in [3.05, 3.63) is 60.1 Å². The quantitative estimate of drug-likeness (QED) is 0.320. The molecule has 0 saturated carbocycles. The lowest BCUT2D eigenvalue weighted by Crippen LogP contribution is -2.30. The molecule has 4 heterocycles. The zero-order chi connectivity index (χ0) is 26.2. The van der Waals surface area contributed by atoms with Crippen molar-refractivity contribution in [2.24, 2.45) is 4.99 Å². The van der Waals surface area contributed by atoms with Gasteiger partial charge in [-0.15, -0.1) is 0 Å². The molecule has 0 aliphatic carbocycles. The van der Waals surface area contributed by atoms with Crippen molar-refractivity contribution >= 4 is 34.7 Å². The van der Waals surface area contributed by atoms with E-state index in [9.17, 15) is 4.79 Å². The number of aliphatic imine (C=N–C) groups is 1. The molecule has 3 N–H and O–H groups in total. The number of amides is 1. The van der Waals surface area contributed by atoms with Crippen LogP contribution in [0.2, 0.25) is 0 Å². The van der Waals surface area contributed by atoms with E-state index in [4.69, 9.17) is 4.74 Å². The van der Waals surface area contributed by atoms with E-state index in [2.05, 4.69) is 48.5 Å². The number of ether oxygens (including phenoxy) is 1. The van der Waals surface area contributed by atoms with Crippen LogP contribution in [0, 0.1) is 0 Å². The molecule has 200 valence electrons. The van der Waals surface area contributed by atoms with Crippen LogP contribution in [0.3, 0.4) is 0 Å². The maximum absolute atomic E-state index is 12.8. The van der Waals surface area contributed by atoms with Crippen LogP contribution in [0.1, 0.15) is 61.3 Å². The molecule has 9 nitrogen and oxygen atoms in total. The zero-order valence-electron chi connectivity index (χ0n) is 22.0. The standard InChI is InChI=1S/C29H37N7O2/c1-2-23(38-18-17-36-15-5-6-16-36)10-13-31-28(37)27-20-21-19-22(8-9-24(21)34-27)33-29-32-14-11-26(35-29)25-7-3-4-12-30-25/h3-4,8-9,11-12,14,19-20,23,25,34H,2,5-7,10,13,15-18H2,1H3,(H,31,37)(H,32,33,35). The Kier molecular flexibility index (Phi) is 8.78. The maximum Gasteiger partial charge on any atom is 0.267 e. The summed E-state index contributed by atoms with van der Waals surface area (Å²) in [6.45, 7) is 6.84. The smallest absolute Gasteiger partial charge is 0.267 e. The van der Waals surface area contributed by atoms with Gasteiger partial charge in [0.05, 0.1) is 24.4 Å². The molecule has 9 heteroatoms. The predicted octanol–water partition coefficient (Wildman–Crippen LogP) is 4.78. The molecule has 1 amide bonds. The van der Waals surface area contributed by atoms with E-state index in [1.807, 2.05) is 42.6 Å². The van der Waals surface area contributed by atoms with Crippen molar-refractivity contribution in [1.82, 2.24) is 25.2 Å². The van der Waals surface area contributed by atoms with Crippen LogP contribution in [0.25, 0.3) is 10.9 Å². The molecule has 0 radical (unpaired) electrons. The minimum atomic E-state index is -0.110. The Morgan fingerprint density at radius 2 is 2.13 bits per heavy atom. The van der Waals surface area contributed by atoms with Gasteiger partial charge in [0.15, 0.2) is 0 Å². The van der Waals surface area contributed by atoms with Crippen molar-refractivity contribution in [3.8, 4) is 0 Å². The Hall–Kier alpha value is -3.56. The van der Waals surface area contributed by atoms with E-state index >= 15 is 0 Å². The minimum absolute atomic E-state index is 0.0193. The van der Waals surface area contributed by atoms with Gasteiger partial charge in [-0.05, 0) is 81.6 Å². The summed E-state index contributed by atoms with van der Waals surface area (Å²) >= 11 is 0. The van der Waals surface area contributed by atoms with Crippen molar-refractivity contribution in [2.45, 2.75) is 51.2 Å². The van der Waals surface area contributed by atoms with E-state index in [1.165, 1.54) is 25.9 Å². The summed E-state index contributed by atoms with van der Waals surface area (Å²) in [5.74, 6) is 0.411. The van der Waals surface area contributed by atoms with Crippen LogP contribution in [-0.2, 0) is 4.74 Å². The molecule has 0 bridgehead atoms. The second-order valence-corrected chi connectivity index (χ2v) is 9.89. The molecule has 5 rings (SSSR count). The Labute approximate surface area is 223 Å². The highest BCUT2D eigenvalue weighted by Crippen LogP contribution is 2.25. The normalized spacial score (nSPS) is 18.2. The SMILES string of the molecule is CCC(CCNC(=O)c1cc2cc(Nc3nccc(C4CC=CC=N4)n3)ccc2[nH]1)OCCN1CCCC1. The van der Waals surface area contributed by atoms with Crippen LogP contribution in [0.15, 0.2) is 53.7 Å². The number of anilines is 2. The second kappa shape index (κ2) is 12.8. The number of allylic oxidation sites excluding steroid dienone is 1. The fourth-order valence-corrected chi connectivity index (χ4v) is 4.96. The van der Waals surface area contributed by atoms with Crippen LogP contribution < -0.4 is 10.6 Å². The molecule has 38 heavy (non-hydrogen) atoms. The number of nitrogens with one attached hydrogen (secondary N) is 3. The molecule has 1 saturated heterocycles. The highest BCUT2D eigenvalue weighted by atomic mass is 16.5. The molecular formula is C29H37N7O2. The molecule has 2 atom stereocenters. The fourth-order valence-electron chi connectivity index (χ4n) is 4.96. The number of H-pyrrole nitrogens is 1. The topological polar surface area (TPSA) is 108 Å². The number of hydrogen-bond acceptors (Lipinski definition) is 7. The highest BCUT2D eigenvalue weighted by Gasteiger charge is 2.15. The van der Waals surface area contributed by atoms with E-state index in [0.717, 1.165) is 54.7 Å². The molecule has 2 aromatic heterocycles. The Morgan fingerprint density at radius 1 is 1.24 bits per heavy atom. The van der Waals surface area contributed by atoms with Crippen LogP contribution >= 0.6 is 0 Å². The number of likely N-dealkylation sites (tertiary alicyclic amines) is 1. The molecular weight excluding hydrogens is 478 g/mol. The Bertz CT molecular complexity index is 1280. The first kappa shape index (κ1) is 26.1. The van der Waals surface area contributed by atoms with Crippen molar-refractivity contribution < 1.29 is 9.53 Å². The molecule has 3 aromatic rings. The first-order valence-corrected chi connectivity index (χ1v) is 13.7. The van der Waals surface area contributed by atoms with E-state index < -0.39 is 0 Å². The van der Waals surface area contributed by atoms with Gasteiger partial charge in [0.25, 0.3) is 5.91 Å². The zero-order valence-corrected chi connectivity index (χ0v) is 22.0. The van der Waals surface area contributed by atoms with Gasteiger partial charge in [0.1, 0.15) is 5.69 Å². The fraction of sp³-hybridized carbons (Fsp3) is 0.448. The van der Waals surface area contributed by atoms with Crippen LogP contribution in [-0.4, -0.2) is 70.9 Å². The van der Waals surface area contributed by atoms with Crippen molar-refractivity contribution in [3.63, 3.8) is 0 Å². The number of aromatic amines is 1. The van der Waals surface area contributed by atoms with Gasteiger partial charge in [0, 0.05) is 42.1 Å². The van der Waals surface area contributed by atoms with Crippen molar-refractivity contribution in [1.29, 1.82) is 0 Å². The number of hydrogen-bond donors (Lipinski definition) is 3. The minimum Gasteiger partial charge on any atom is -0.377 e. The van der Waals surface area contributed by atoms with E-state index in [-0.39, 0.29) is 18.1 Å². The summed E-state index contributed by atoms with van der Waals surface area (Å²) in [7, 11) is 0. The van der Waals surface area contributed by atoms with E-state index in [0.29, 0.717) is 18.2 Å². The van der Waals surface area contributed by atoms with Gasteiger partial charge in [-0.1, -0.05) is 13.0 Å². The van der Waals surface area contributed by atoms with Gasteiger partial charge >= 0.3 is 0 Å². The molecule has 0 spiro atoms. The number of rotatable bonds is 12. The third-order valence-electron chi connectivity index (χ3n) is 7.15. The van der Waals surface area contributed by atoms with Crippen LogP contribution in [0.5, 0.6) is 0 Å². The number of fused-ring (bicyclic) bond motifs is 1. The number of carbonyl (C=O) groups excluding carboxylic acids is 1. The average molecular weight is 516 g/mol. The molecule has 1 aromatic carbocycles. The lowest BCUT2D eigenvalue weighted by Gasteiger charge is -2.19. The van der Waals surface area contributed by atoms with Gasteiger partial charge in [-0.25, -0.2) is 9.97 Å². The third-order valence-corrected chi connectivity index (χ3v) is 7.15. The lowest BCUT2D eigenvalue weighted by molar-refractivity contribution is 0.0336. The van der Waals surface area contributed by atoms with E-state index in [1.54, 1.807) is 6.20 Å². The Morgan fingerprint density at radius 3 is 2.95 bits per heavy atom. The summed E-state index contributed by atoms with van der Waals surface area (Å²) in [5, 5.41) is 7.25. The highest BCUT2D eigenvalue weighted by molar-refractivity contribution is 5.98. The maximum atomic E-state index is 12.8. The number of dihydropyridines is 1. The van der Waals surface area contributed by atoms with Gasteiger partial charge in [0.2, 0.25) is 5.95 Å².